The van der Waals surface area contributed by atoms with Gasteiger partial charge in [0.1, 0.15) is 0 Å². The third-order valence-corrected chi connectivity index (χ3v) is 4.39. The molecule has 0 aromatic heterocycles. The molecule has 2 fully saturated rings. The van der Waals surface area contributed by atoms with E-state index in [1.54, 1.807) is 0 Å². The quantitative estimate of drug-likeness (QED) is 0.846. The van der Waals surface area contributed by atoms with Crippen LogP contribution in [0.5, 0.6) is 0 Å². The highest BCUT2D eigenvalue weighted by Crippen LogP contribution is 2.27. The molecule has 3 rings (SSSR count). The molecule has 0 atom stereocenters. The molecular weight excluding hydrogens is 250 g/mol. The van der Waals surface area contributed by atoms with Crippen LogP contribution in [-0.2, 0) is 11.2 Å². The number of piperazine rings is 1. The van der Waals surface area contributed by atoms with Crippen molar-refractivity contribution in [3.05, 3.63) is 29.8 Å². The van der Waals surface area contributed by atoms with Crippen molar-refractivity contribution in [1.29, 1.82) is 0 Å². The molecule has 108 valence electrons. The molecule has 0 bridgehead atoms. The number of anilines is 1. The first-order valence-corrected chi connectivity index (χ1v) is 7.59. The van der Waals surface area contributed by atoms with E-state index in [-0.39, 0.29) is 5.91 Å². The van der Waals surface area contributed by atoms with Gasteiger partial charge in [-0.25, -0.2) is 0 Å². The van der Waals surface area contributed by atoms with Gasteiger partial charge in [-0.15, -0.1) is 0 Å². The van der Waals surface area contributed by atoms with E-state index in [9.17, 15) is 4.79 Å². The van der Waals surface area contributed by atoms with E-state index in [0.29, 0.717) is 6.42 Å². The number of hydrogen-bond donors (Lipinski definition) is 1. The Morgan fingerprint density at radius 2 is 1.85 bits per heavy atom. The molecule has 1 aromatic rings. The third-order valence-electron chi connectivity index (χ3n) is 4.39. The number of nitrogens with zero attached hydrogens (tertiary/aromatic N) is 2. The van der Waals surface area contributed by atoms with Crippen LogP contribution in [-0.4, -0.2) is 47.9 Å². The van der Waals surface area contributed by atoms with E-state index in [1.807, 2.05) is 29.2 Å². The van der Waals surface area contributed by atoms with Crippen LogP contribution < -0.4 is 5.73 Å². The molecule has 20 heavy (non-hydrogen) atoms. The fourth-order valence-electron chi connectivity index (χ4n) is 2.94. The zero-order valence-electron chi connectivity index (χ0n) is 11.9. The number of para-hydroxylation sites is 1. The molecule has 2 aliphatic rings. The maximum absolute atomic E-state index is 12.2. The lowest BCUT2D eigenvalue weighted by molar-refractivity contribution is -0.133. The molecule has 1 amide bonds. The number of amides is 1. The maximum atomic E-state index is 12.2. The van der Waals surface area contributed by atoms with Crippen LogP contribution in [0.15, 0.2) is 24.3 Å². The minimum atomic E-state index is 0.267. The van der Waals surface area contributed by atoms with Gasteiger partial charge in [0.15, 0.2) is 0 Å². The Hall–Kier alpha value is -1.55. The number of benzene rings is 1. The van der Waals surface area contributed by atoms with Gasteiger partial charge < -0.3 is 10.6 Å². The molecule has 2 N–H and O–H groups in total. The Morgan fingerprint density at radius 3 is 2.50 bits per heavy atom. The topological polar surface area (TPSA) is 49.6 Å². The van der Waals surface area contributed by atoms with Crippen LogP contribution in [0.4, 0.5) is 5.69 Å². The van der Waals surface area contributed by atoms with Crippen molar-refractivity contribution in [2.45, 2.75) is 31.7 Å². The van der Waals surface area contributed by atoms with Gasteiger partial charge in [-0.3, -0.25) is 9.69 Å². The van der Waals surface area contributed by atoms with Crippen molar-refractivity contribution < 1.29 is 4.79 Å². The van der Waals surface area contributed by atoms with Gasteiger partial charge in [-0.2, -0.15) is 0 Å². The van der Waals surface area contributed by atoms with Crippen LogP contribution in [0.1, 0.15) is 24.8 Å². The van der Waals surface area contributed by atoms with E-state index >= 15 is 0 Å². The predicted octanol–water partition coefficient (Wildman–Crippen LogP) is 1.51. The minimum Gasteiger partial charge on any atom is -0.399 e. The first kappa shape index (κ1) is 13.4. The zero-order chi connectivity index (χ0) is 13.9. The number of carbonyl (C=O) groups excluding carboxylic acids is 1. The summed E-state index contributed by atoms with van der Waals surface area (Å²) in [5.41, 5.74) is 7.78. The molecule has 4 heteroatoms. The lowest BCUT2D eigenvalue weighted by Gasteiger charge is -2.34. The lowest BCUT2D eigenvalue weighted by atomic mass is 10.1. The van der Waals surface area contributed by atoms with Crippen LogP contribution in [0.3, 0.4) is 0 Å². The van der Waals surface area contributed by atoms with Gasteiger partial charge in [0.25, 0.3) is 0 Å². The van der Waals surface area contributed by atoms with Gasteiger partial charge in [0.2, 0.25) is 5.91 Å². The molecule has 0 radical (unpaired) electrons. The normalized spacial score (nSPS) is 20.1. The highest BCUT2D eigenvalue weighted by atomic mass is 16.2. The second kappa shape index (κ2) is 5.83. The summed E-state index contributed by atoms with van der Waals surface area (Å²) in [6.07, 6.45) is 4.01. The second-order valence-corrected chi connectivity index (χ2v) is 5.85. The van der Waals surface area contributed by atoms with Gasteiger partial charge in [-0.05, 0) is 30.9 Å². The molecule has 1 aliphatic heterocycles. The Morgan fingerprint density at radius 1 is 1.15 bits per heavy atom. The standard InChI is InChI=1S/C16H23N3O/c17-15-4-2-1-3-13(15)5-8-16(20)19-11-9-18(10-12-19)14-6-7-14/h1-4,14H,5-12,17H2. The van der Waals surface area contributed by atoms with Crippen molar-refractivity contribution in [2.75, 3.05) is 31.9 Å². The van der Waals surface area contributed by atoms with Crippen LogP contribution >= 0.6 is 0 Å². The van der Waals surface area contributed by atoms with Crippen molar-refractivity contribution in [3.8, 4) is 0 Å². The third kappa shape index (κ3) is 3.12. The summed E-state index contributed by atoms with van der Waals surface area (Å²) >= 11 is 0. The van der Waals surface area contributed by atoms with Gasteiger partial charge in [-0.1, -0.05) is 18.2 Å². The fraction of sp³-hybridized carbons (Fsp3) is 0.562. The van der Waals surface area contributed by atoms with E-state index in [0.717, 1.165) is 49.9 Å². The van der Waals surface area contributed by atoms with E-state index in [2.05, 4.69) is 4.90 Å². The van der Waals surface area contributed by atoms with Crippen LogP contribution in [0.25, 0.3) is 0 Å². The Labute approximate surface area is 120 Å². The van der Waals surface area contributed by atoms with E-state index < -0.39 is 0 Å². The Bertz CT molecular complexity index is 476. The lowest BCUT2D eigenvalue weighted by Crippen LogP contribution is -2.49. The number of rotatable bonds is 4. The molecule has 1 aromatic carbocycles. The average Bonchev–Trinajstić information content (AvgIpc) is 3.31. The molecule has 1 saturated carbocycles. The average molecular weight is 273 g/mol. The van der Waals surface area contributed by atoms with Crippen molar-refractivity contribution >= 4 is 11.6 Å². The summed E-state index contributed by atoms with van der Waals surface area (Å²) in [6.45, 7) is 3.87. The Balaban J connectivity index is 1.46. The number of hydrogen-bond acceptors (Lipinski definition) is 3. The highest BCUT2D eigenvalue weighted by molar-refractivity contribution is 5.76. The summed E-state index contributed by atoms with van der Waals surface area (Å²) in [5.74, 6) is 0.267. The van der Waals surface area contributed by atoms with Crippen LogP contribution in [0.2, 0.25) is 0 Å². The largest absolute Gasteiger partial charge is 0.399 e. The zero-order valence-corrected chi connectivity index (χ0v) is 11.9. The first-order chi connectivity index (χ1) is 9.74. The molecule has 0 spiro atoms. The SMILES string of the molecule is Nc1ccccc1CCC(=O)N1CCN(C2CC2)CC1. The van der Waals surface area contributed by atoms with Gasteiger partial charge >= 0.3 is 0 Å². The number of aryl methyl sites for hydroxylation is 1. The summed E-state index contributed by atoms with van der Waals surface area (Å²) in [6, 6.07) is 8.63. The molecule has 1 heterocycles. The predicted molar refractivity (Wildman–Crippen MR) is 80.4 cm³/mol. The molecule has 0 unspecified atom stereocenters. The van der Waals surface area contributed by atoms with E-state index in [1.165, 1.54) is 12.8 Å². The monoisotopic (exact) mass is 273 g/mol. The molecule has 1 saturated heterocycles. The summed E-state index contributed by atoms with van der Waals surface area (Å²) in [5, 5.41) is 0. The molecule has 1 aliphatic carbocycles. The molecular formula is C16H23N3O. The summed E-state index contributed by atoms with van der Waals surface area (Å²) < 4.78 is 0. The molecule has 4 nitrogen and oxygen atoms in total. The number of carbonyl (C=O) groups is 1. The maximum Gasteiger partial charge on any atom is 0.222 e. The van der Waals surface area contributed by atoms with Crippen LogP contribution in [0, 0.1) is 0 Å². The van der Waals surface area contributed by atoms with Gasteiger partial charge in [0.05, 0.1) is 0 Å². The fourth-order valence-corrected chi connectivity index (χ4v) is 2.94. The van der Waals surface area contributed by atoms with Crippen molar-refractivity contribution in [2.24, 2.45) is 0 Å². The van der Waals surface area contributed by atoms with Crippen molar-refractivity contribution in [1.82, 2.24) is 9.80 Å². The summed E-state index contributed by atoms with van der Waals surface area (Å²) in [7, 11) is 0. The first-order valence-electron chi connectivity index (χ1n) is 7.59. The number of nitrogens with two attached hydrogens (primary N) is 1. The van der Waals surface area contributed by atoms with Gasteiger partial charge in [0, 0.05) is 44.3 Å². The van der Waals surface area contributed by atoms with Crippen molar-refractivity contribution in [3.63, 3.8) is 0 Å². The summed E-state index contributed by atoms with van der Waals surface area (Å²) in [4.78, 5) is 16.8. The Kier molecular flexibility index (Phi) is 3.92. The second-order valence-electron chi connectivity index (χ2n) is 5.85. The smallest absolute Gasteiger partial charge is 0.222 e. The van der Waals surface area contributed by atoms with E-state index in [4.69, 9.17) is 5.73 Å². The minimum absolute atomic E-state index is 0.267. The number of nitrogen functional groups attached to an aromatic ring is 1. The highest BCUT2D eigenvalue weighted by Gasteiger charge is 2.32.